The smallest absolute Gasteiger partial charge is 0.124 e. The van der Waals surface area contributed by atoms with E-state index in [9.17, 15) is 10.2 Å². The second kappa shape index (κ2) is 5.02. The van der Waals surface area contributed by atoms with Crippen LogP contribution in [-0.4, -0.2) is 40.8 Å². The first-order valence-electron chi connectivity index (χ1n) is 7.14. The van der Waals surface area contributed by atoms with Gasteiger partial charge in [0.2, 0.25) is 0 Å². The zero-order valence-electron chi connectivity index (χ0n) is 11.3. The third kappa shape index (κ3) is 2.42. The van der Waals surface area contributed by atoms with Crippen LogP contribution in [0.2, 0.25) is 0 Å². The van der Waals surface area contributed by atoms with Gasteiger partial charge in [-0.15, -0.1) is 0 Å². The van der Waals surface area contributed by atoms with Gasteiger partial charge in [0.25, 0.3) is 0 Å². The molecular formula is C15H22N2O2. The van der Waals surface area contributed by atoms with Crippen molar-refractivity contribution in [1.29, 1.82) is 0 Å². The normalized spacial score (nSPS) is 29.1. The van der Waals surface area contributed by atoms with Crippen molar-refractivity contribution in [3.05, 3.63) is 23.8 Å². The number of phenols is 2. The highest BCUT2D eigenvalue weighted by Gasteiger charge is 2.36. The number of likely N-dealkylation sites (tertiary alicyclic amines) is 1. The number of phenolic OH excluding ortho intramolecular Hbond substituents is 2. The lowest BCUT2D eigenvalue weighted by molar-refractivity contribution is 0.246. The molecule has 0 spiro atoms. The maximum absolute atomic E-state index is 9.98. The minimum absolute atomic E-state index is 0.116. The molecule has 2 saturated heterocycles. The van der Waals surface area contributed by atoms with Crippen LogP contribution < -0.4 is 5.32 Å². The zero-order chi connectivity index (χ0) is 13.4. The number of fused-ring (bicyclic) bond motifs is 1. The lowest BCUT2D eigenvalue weighted by atomic mass is 9.94. The summed E-state index contributed by atoms with van der Waals surface area (Å²) in [5, 5.41) is 22.9. The molecule has 2 aliphatic rings. The zero-order valence-corrected chi connectivity index (χ0v) is 11.3. The van der Waals surface area contributed by atoms with E-state index in [1.165, 1.54) is 18.9 Å². The molecule has 2 aliphatic heterocycles. The molecule has 3 atom stereocenters. The average molecular weight is 262 g/mol. The van der Waals surface area contributed by atoms with Gasteiger partial charge in [0.1, 0.15) is 11.5 Å². The number of hydrogen-bond donors (Lipinski definition) is 3. The number of aromatic hydroxyl groups is 2. The Labute approximate surface area is 114 Å². The van der Waals surface area contributed by atoms with E-state index in [1.807, 2.05) is 6.07 Å². The Balaban J connectivity index is 1.75. The Morgan fingerprint density at radius 3 is 2.89 bits per heavy atom. The Bertz CT molecular complexity index is 449. The van der Waals surface area contributed by atoms with Crippen LogP contribution in [0.5, 0.6) is 11.5 Å². The van der Waals surface area contributed by atoms with Gasteiger partial charge < -0.3 is 15.5 Å². The summed E-state index contributed by atoms with van der Waals surface area (Å²) in [7, 11) is 0. The second-order valence-corrected chi connectivity index (χ2v) is 5.84. The van der Waals surface area contributed by atoms with Crippen LogP contribution in [0.15, 0.2) is 18.2 Å². The van der Waals surface area contributed by atoms with Crippen LogP contribution in [0.1, 0.15) is 31.4 Å². The van der Waals surface area contributed by atoms with E-state index in [0.29, 0.717) is 6.04 Å². The number of piperidine rings is 1. The fourth-order valence-electron chi connectivity index (χ4n) is 3.48. The van der Waals surface area contributed by atoms with Gasteiger partial charge in [-0.2, -0.15) is 0 Å². The molecule has 0 radical (unpaired) electrons. The van der Waals surface area contributed by atoms with Crippen LogP contribution in [0.3, 0.4) is 0 Å². The maximum Gasteiger partial charge on any atom is 0.124 e. The summed E-state index contributed by atoms with van der Waals surface area (Å²) in [6.45, 7) is 5.41. The molecule has 0 bridgehead atoms. The highest BCUT2D eigenvalue weighted by atomic mass is 16.3. The Morgan fingerprint density at radius 1 is 1.32 bits per heavy atom. The molecule has 2 heterocycles. The molecule has 104 valence electrons. The fourth-order valence-corrected chi connectivity index (χ4v) is 3.48. The minimum Gasteiger partial charge on any atom is -0.508 e. The summed E-state index contributed by atoms with van der Waals surface area (Å²) < 4.78 is 0. The first kappa shape index (κ1) is 12.8. The summed E-state index contributed by atoms with van der Waals surface area (Å²) in [6.07, 6.45) is 2.58. The van der Waals surface area contributed by atoms with E-state index in [-0.39, 0.29) is 17.5 Å². The molecule has 1 aromatic rings. The van der Waals surface area contributed by atoms with Crippen molar-refractivity contribution in [1.82, 2.24) is 10.2 Å². The molecule has 0 aromatic heterocycles. The molecule has 2 fully saturated rings. The van der Waals surface area contributed by atoms with Gasteiger partial charge in [-0.05, 0) is 38.3 Å². The number of nitrogens with zero attached hydrogens (tertiary/aromatic N) is 1. The van der Waals surface area contributed by atoms with Gasteiger partial charge >= 0.3 is 0 Å². The average Bonchev–Trinajstić information content (AvgIpc) is 2.81. The van der Waals surface area contributed by atoms with Crippen LogP contribution >= 0.6 is 0 Å². The van der Waals surface area contributed by atoms with Gasteiger partial charge in [-0.25, -0.2) is 0 Å². The Kier molecular flexibility index (Phi) is 3.37. The fraction of sp³-hybridized carbons (Fsp3) is 0.600. The predicted molar refractivity (Wildman–Crippen MR) is 74.3 cm³/mol. The lowest BCUT2D eigenvalue weighted by Gasteiger charge is -2.25. The van der Waals surface area contributed by atoms with E-state index in [1.54, 1.807) is 6.07 Å². The number of nitrogens with one attached hydrogen (secondary N) is 1. The third-order valence-electron chi connectivity index (χ3n) is 4.64. The Morgan fingerprint density at radius 2 is 2.16 bits per heavy atom. The quantitative estimate of drug-likeness (QED) is 0.761. The summed E-state index contributed by atoms with van der Waals surface area (Å²) in [5.74, 6) is 1.05. The van der Waals surface area contributed by atoms with E-state index >= 15 is 0 Å². The monoisotopic (exact) mass is 262 g/mol. The minimum atomic E-state index is 0.116. The van der Waals surface area contributed by atoms with Crippen molar-refractivity contribution in [2.75, 3.05) is 19.6 Å². The second-order valence-electron chi connectivity index (χ2n) is 5.84. The molecule has 3 rings (SSSR count). The molecule has 0 saturated carbocycles. The van der Waals surface area contributed by atoms with Crippen molar-refractivity contribution < 1.29 is 10.2 Å². The summed E-state index contributed by atoms with van der Waals surface area (Å²) in [5.41, 5.74) is 0.899. The maximum atomic E-state index is 9.98. The summed E-state index contributed by atoms with van der Waals surface area (Å²) >= 11 is 0. The number of rotatable bonds is 2. The Hall–Kier alpha value is -1.26. The van der Waals surface area contributed by atoms with E-state index in [0.717, 1.165) is 31.1 Å². The molecule has 0 amide bonds. The van der Waals surface area contributed by atoms with Crippen LogP contribution in [0, 0.1) is 5.92 Å². The van der Waals surface area contributed by atoms with Crippen molar-refractivity contribution in [3.8, 4) is 11.5 Å². The van der Waals surface area contributed by atoms with E-state index < -0.39 is 0 Å². The molecular weight excluding hydrogens is 240 g/mol. The highest BCUT2D eigenvalue weighted by molar-refractivity contribution is 5.40. The summed E-state index contributed by atoms with van der Waals surface area (Å²) in [6, 6.07) is 5.69. The van der Waals surface area contributed by atoms with Gasteiger partial charge in [0.05, 0.1) is 0 Å². The third-order valence-corrected chi connectivity index (χ3v) is 4.64. The number of hydrogen-bond acceptors (Lipinski definition) is 4. The van der Waals surface area contributed by atoms with Crippen molar-refractivity contribution in [3.63, 3.8) is 0 Å². The predicted octanol–water partition coefficient (Wildman–Crippen LogP) is 1.84. The molecule has 4 nitrogen and oxygen atoms in total. The summed E-state index contributed by atoms with van der Waals surface area (Å²) in [4.78, 5) is 2.43. The molecule has 4 heteroatoms. The molecule has 1 unspecified atom stereocenters. The van der Waals surface area contributed by atoms with Gasteiger partial charge in [-0.3, -0.25) is 4.90 Å². The topological polar surface area (TPSA) is 55.7 Å². The largest absolute Gasteiger partial charge is 0.508 e. The highest BCUT2D eigenvalue weighted by Crippen LogP contribution is 2.35. The van der Waals surface area contributed by atoms with Crippen molar-refractivity contribution in [2.24, 2.45) is 5.92 Å². The van der Waals surface area contributed by atoms with Crippen molar-refractivity contribution >= 4 is 0 Å². The lowest BCUT2D eigenvalue weighted by Crippen LogP contribution is -2.40. The number of benzene rings is 1. The molecule has 1 aromatic carbocycles. The molecule has 0 aliphatic carbocycles. The van der Waals surface area contributed by atoms with E-state index in [2.05, 4.69) is 17.1 Å². The SMILES string of the molecule is CC(c1ccc(O)cc1O)N1C[C@@H]2CCCN[C@@H]2C1. The van der Waals surface area contributed by atoms with Gasteiger partial charge in [0, 0.05) is 36.8 Å². The van der Waals surface area contributed by atoms with E-state index in [4.69, 9.17) is 0 Å². The van der Waals surface area contributed by atoms with Crippen LogP contribution in [0.4, 0.5) is 0 Å². The van der Waals surface area contributed by atoms with Crippen LogP contribution in [-0.2, 0) is 0 Å². The van der Waals surface area contributed by atoms with Gasteiger partial charge in [0.15, 0.2) is 0 Å². The molecule has 3 N–H and O–H groups in total. The van der Waals surface area contributed by atoms with Gasteiger partial charge in [-0.1, -0.05) is 6.07 Å². The molecule has 19 heavy (non-hydrogen) atoms. The standard InChI is InChI=1S/C15H22N2O2/c1-10(13-5-4-12(18)7-15(13)19)17-8-11-3-2-6-16-14(11)9-17/h4-5,7,10-11,14,16,18-19H,2-3,6,8-9H2,1H3/t10?,11-,14+/m0/s1. The first-order chi connectivity index (χ1) is 9.15. The van der Waals surface area contributed by atoms with Crippen LogP contribution in [0.25, 0.3) is 0 Å². The first-order valence-corrected chi connectivity index (χ1v) is 7.14. The van der Waals surface area contributed by atoms with Crippen molar-refractivity contribution in [2.45, 2.75) is 31.8 Å².